The lowest BCUT2D eigenvalue weighted by atomic mass is 9.89. The number of aromatic nitrogens is 1. The Bertz CT molecular complexity index is 556. The molecule has 0 radical (unpaired) electrons. The van der Waals surface area contributed by atoms with Gasteiger partial charge in [0.25, 0.3) is 0 Å². The summed E-state index contributed by atoms with van der Waals surface area (Å²) < 4.78 is 0. The number of benzene rings is 1. The Balaban J connectivity index is 2.60. The maximum absolute atomic E-state index is 12.3. The molecule has 1 heterocycles. The van der Waals surface area contributed by atoms with E-state index < -0.39 is 5.54 Å². The first-order valence-corrected chi connectivity index (χ1v) is 5.73. The number of para-hydroxylation sites is 1. The lowest BCUT2D eigenvalue weighted by Crippen LogP contribution is -2.44. The van der Waals surface area contributed by atoms with Crippen molar-refractivity contribution in [2.45, 2.75) is 25.8 Å². The maximum atomic E-state index is 12.3. The van der Waals surface area contributed by atoms with Gasteiger partial charge in [-0.3, -0.25) is 9.78 Å². The standard InChI is InChI=1S/C14H16N2O/c1-3-14(2,15)13(17)11-8-4-6-10-7-5-9-16-12(10)11/h4-9H,3,15H2,1-2H3. The smallest absolute Gasteiger partial charge is 0.184 e. The number of nitrogens with zero attached hydrogens (tertiary/aromatic N) is 1. The van der Waals surface area contributed by atoms with Crippen LogP contribution in [0, 0.1) is 0 Å². The number of hydrogen-bond acceptors (Lipinski definition) is 3. The molecule has 0 aliphatic carbocycles. The predicted octanol–water partition coefficient (Wildman–Crippen LogP) is 2.54. The number of pyridine rings is 1. The van der Waals surface area contributed by atoms with E-state index in [0.717, 1.165) is 10.9 Å². The van der Waals surface area contributed by atoms with Crippen LogP contribution < -0.4 is 5.73 Å². The highest BCUT2D eigenvalue weighted by Crippen LogP contribution is 2.21. The minimum atomic E-state index is -0.828. The van der Waals surface area contributed by atoms with Crippen LogP contribution in [0.3, 0.4) is 0 Å². The van der Waals surface area contributed by atoms with Crippen LogP contribution in [-0.2, 0) is 0 Å². The van der Waals surface area contributed by atoms with Gasteiger partial charge in [-0.25, -0.2) is 0 Å². The summed E-state index contributed by atoms with van der Waals surface area (Å²) in [7, 11) is 0. The molecule has 1 atom stereocenters. The molecule has 2 N–H and O–H groups in total. The van der Waals surface area contributed by atoms with Crippen LogP contribution in [0.2, 0.25) is 0 Å². The van der Waals surface area contributed by atoms with Crippen LogP contribution in [0.1, 0.15) is 30.6 Å². The normalized spacial score (nSPS) is 14.5. The molecule has 0 spiro atoms. The number of rotatable bonds is 3. The third kappa shape index (κ3) is 2.06. The first-order chi connectivity index (χ1) is 8.06. The summed E-state index contributed by atoms with van der Waals surface area (Å²) >= 11 is 0. The Morgan fingerprint density at radius 1 is 1.35 bits per heavy atom. The first kappa shape index (κ1) is 11.7. The molecule has 0 saturated carbocycles. The van der Waals surface area contributed by atoms with E-state index in [0.29, 0.717) is 12.0 Å². The molecule has 1 unspecified atom stereocenters. The molecule has 2 aromatic rings. The fourth-order valence-corrected chi connectivity index (χ4v) is 1.76. The molecule has 0 aliphatic heterocycles. The average Bonchev–Trinajstić information content (AvgIpc) is 2.37. The molecular formula is C14H16N2O. The first-order valence-electron chi connectivity index (χ1n) is 5.73. The van der Waals surface area contributed by atoms with Gasteiger partial charge in [-0.2, -0.15) is 0 Å². The Labute approximate surface area is 101 Å². The highest BCUT2D eigenvalue weighted by atomic mass is 16.1. The molecule has 0 fully saturated rings. The van der Waals surface area contributed by atoms with E-state index in [1.54, 1.807) is 19.2 Å². The summed E-state index contributed by atoms with van der Waals surface area (Å²) in [6, 6.07) is 9.40. The van der Waals surface area contributed by atoms with Crippen LogP contribution >= 0.6 is 0 Å². The Morgan fingerprint density at radius 3 is 2.76 bits per heavy atom. The summed E-state index contributed by atoms with van der Waals surface area (Å²) in [6.45, 7) is 3.67. The highest BCUT2D eigenvalue weighted by Gasteiger charge is 2.28. The predicted molar refractivity (Wildman–Crippen MR) is 69.0 cm³/mol. The van der Waals surface area contributed by atoms with E-state index in [-0.39, 0.29) is 5.78 Å². The van der Waals surface area contributed by atoms with Gasteiger partial charge in [-0.1, -0.05) is 25.1 Å². The zero-order valence-corrected chi connectivity index (χ0v) is 10.1. The van der Waals surface area contributed by atoms with Gasteiger partial charge in [-0.15, -0.1) is 0 Å². The molecule has 0 aliphatic rings. The number of carbonyl (C=O) groups is 1. The van der Waals surface area contributed by atoms with Gasteiger partial charge in [0.1, 0.15) is 0 Å². The van der Waals surface area contributed by atoms with Gasteiger partial charge in [0, 0.05) is 17.1 Å². The Hall–Kier alpha value is -1.74. The molecule has 2 rings (SSSR count). The summed E-state index contributed by atoms with van der Waals surface area (Å²) in [5, 5.41) is 0.963. The van der Waals surface area contributed by atoms with Crippen molar-refractivity contribution in [1.29, 1.82) is 0 Å². The largest absolute Gasteiger partial charge is 0.319 e. The van der Waals surface area contributed by atoms with Crippen molar-refractivity contribution >= 4 is 16.7 Å². The molecule has 1 aromatic heterocycles. The van der Waals surface area contributed by atoms with Crippen LogP contribution in [0.5, 0.6) is 0 Å². The van der Waals surface area contributed by atoms with Gasteiger partial charge >= 0.3 is 0 Å². The molecular weight excluding hydrogens is 212 g/mol. The number of nitrogens with two attached hydrogens (primary N) is 1. The van der Waals surface area contributed by atoms with Crippen molar-refractivity contribution < 1.29 is 4.79 Å². The van der Waals surface area contributed by atoms with Crippen molar-refractivity contribution in [2.75, 3.05) is 0 Å². The second kappa shape index (κ2) is 4.26. The van der Waals surface area contributed by atoms with E-state index in [9.17, 15) is 4.79 Å². The van der Waals surface area contributed by atoms with Crippen molar-refractivity contribution in [3.8, 4) is 0 Å². The fourth-order valence-electron chi connectivity index (χ4n) is 1.76. The zero-order chi connectivity index (χ0) is 12.5. The summed E-state index contributed by atoms with van der Waals surface area (Å²) in [4.78, 5) is 16.6. The van der Waals surface area contributed by atoms with Gasteiger partial charge in [0.05, 0.1) is 11.1 Å². The van der Waals surface area contributed by atoms with Crippen molar-refractivity contribution in [3.63, 3.8) is 0 Å². The molecule has 17 heavy (non-hydrogen) atoms. The van der Waals surface area contributed by atoms with Crippen molar-refractivity contribution in [2.24, 2.45) is 5.73 Å². The maximum Gasteiger partial charge on any atom is 0.184 e. The zero-order valence-electron chi connectivity index (χ0n) is 10.1. The number of carbonyl (C=O) groups excluding carboxylic acids is 1. The minimum absolute atomic E-state index is 0.0516. The molecule has 3 heteroatoms. The Morgan fingerprint density at radius 2 is 2.06 bits per heavy atom. The van der Waals surface area contributed by atoms with Crippen molar-refractivity contribution in [1.82, 2.24) is 4.98 Å². The minimum Gasteiger partial charge on any atom is -0.319 e. The van der Waals surface area contributed by atoms with Crippen molar-refractivity contribution in [3.05, 3.63) is 42.1 Å². The quantitative estimate of drug-likeness (QED) is 0.821. The lowest BCUT2D eigenvalue weighted by molar-refractivity contribution is 0.0899. The summed E-state index contributed by atoms with van der Waals surface area (Å²) in [5.41, 5.74) is 6.51. The van der Waals surface area contributed by atoms with Gasteiger partial charge < -0.3 is 5.73 Å². The second-order valence-electron chi connectivity index (χ2n) is 4.48. The topological polar surface area (TPSA) is 56.0 Å². The third-order valence-electron chi connectivity index (χ3n) is 3.13. The fraction of sp³-hybridized carbons (Fsp3) is 0.286. The molecule has 0 amide bonds. The van der Waals surface area contributed by atoms with Gasteiger partial charge in [-0.05, 0) is 25.5 Å². The van der Waals surface area contributed by atoms with Crippen LogP contribution in [0.4, 0.5) is 0 Å². The lowest BCUT2D eigenvalue weighted by Gasteiger charge is -2.21. The number of Topliss-reactive ketones (excluding diaryl/α,β-unsaturated/α-hetero) is 1. The summed E-state index contributed by atoms with van der Waals surface area (Å²) in [6.07, 6.45) is 2.30. The van der Waals surface area contributed by atoms with E-state index in [1.165, 1.54) is 0 Å². The SMILES string of the molecule is CCC(C)(N)C(=O)c1cccc2cccnc12. The average molecular weight is 228 g/mol. The van der Waals surface area contributed by atoms with Crippen LogP contribution in [0.15, 0.2) is 36.5 Å². The molecule has 3 nitrogen and oxygen atoms in total. The van der Waals surface area contributed by atoms with E-state index in [2.05, 4.69) is 4.98 Å². The van der Waals surface area contributed by atoms with Gasteiger partial charge in [0.2, 0.25) is 0 Å². The monoisotopic (exact) mass is 228 g/mol. The summed E-state index contributed by atoms with van der Waals surface area (Å²) in [5.74, 6) is -0.0516. The molecule has 88 valence electrons. The Kier molecular flexibility index (Phi) is 2.94. The molecule has 1 aromatic carbocycles. The molecule has 0 saturated heterocycles. The third-order valence-corrected chi connectivity index (χ3v) is 3.13. The van der Waals surface area contributed by atoms with Crippen LogP contribution in [-0.4, -0.2) is 16.3 Å². The van der Waals surface area contributed by atoms with E-state index in [1.807, 2.05) is 31.2 Å². The number of ketones is 1. The second-order valence-corrected chi connectivity index (χ2v) is 4.48. The highest BCUT2D eigenvalue weighted by molar-refractivity contribution is 6.10. The molecule has 0 bridgehead atoms. The van der Waals surface area contributed by atoms with E-state index in [4.69, 9.17) is 5.73 Å². The van der Waals surface area contributed by atoms with E-state index >= 15 is 0 Å². The number of hydrogen-bond donors (Lipinski definition) is 1. The number of fused-ring (bicyclic) bond motifs is 1. The van der Waals surface area contributed by atoms with Crippen LogP contribution in [0.25, 0.3) is 10.9 Å². The van der Waals surface area contributed by atoms with Gasteiger partial charge in [0.15, 0.2) is 5.78 Å².